The number of thioether (sulfide) groups is 1. The highest BCUT2D eigenvalue weighted by molar-refractivity contribution is 9.08. The molecule has 0 radical (unpaired) electrons. The van der Waals surface area contributed by atoms with Crippen LogP contribution in [0.3, 0.4) is 0 Å². The van der Waals surface area contributed by atoms with E-state index >= 15 is 0 Å². The first kappa shape index (κ1) is 10.5. The second-order valence-electron chi connectivity index (χ2n) is 3.19. The van der Waals surface area contributed by atoms with Gasteiger partial charge in [0.1, 0.15) is 0 Å². The number of fused-ring (bicyclic) bond motifs is 1. The maximum Gasteiger partial charge on any atom is 0.0389 e. The molecule has 2 rings (SSSR count). The molecule has 3 heteroatoms. The Morgan fingerprint density at radius 2 is 2.21 bits per heavy atom. The summed E-state index contributed by atoms with van der Waals surface area (Å²) in [6.07, 6.45) is 2.15. The normalized spacial score (nSPS) is 11.1. The minimum Gasteiger partial charge on any atom is -0.138 e. The van der Waals surface area contributed by atoms with Crippen LogP contribution in [0.1, 0.15) is 10.4 Å². The lowest BCUT2D eigenvalue weighted by molar-refractivity contribution is 1.42. The summed E-state index contributed by atoms with van der Waals surface area (Å²) in [5.41, 5.74) is 1.34. The van der Waals surface area contributed by atoms with Crippen LogP contribution in [0.4, 0.5) is 0 Å². The second kappa shape index (κ2) is 4.25. The van der Waals surface area contributed by atoms with Gasteiger partial charge in [0, 0.05) is 25.2 Å². The van der Waals surface area contributed by atoms with Gasteiger partial charge in [-0.3, -0.25) is 0 Å². The molecule has 14 heavy (non-hydrogen) atoms. The molecule has 0 N–H and O–H groups in total. The van der Waals surface area contributed by atoms with E-state index in [4.69, 9.17) is 0 Å². The van der Waals surface area contributed by atoms with Gasteiger partial charge in [0.15, 0.2) is 0 Å². The quantitative estimate of drug-likeness (QED) is 0.563. The van der Waals surface area contributed by atoms with Crippen LogP contribution in [0.5, 0.6) is 0 Å². The van der Waals surface area contributed by atoms with E-state index in [1.54, 1.807) is 0 Å². The van der Waals surface area contributed by atoms with Crippen molar-refractivity contribution in [2.75, 3.05) is 6.26 Å². The third-order valence-corrected chi connectivity index (χ3v) is 5.30. The van der Waals surface area contributed by atoms with Crippen molar-refractivity contribution in [2.45, 2.75) is 17.1 Å². The van der Waals surface area contributed by atoms with Gasteiger partial charge in [-0.25, -0.2) is 0 Å². The lowest BCUT2D eigenvalue weighted by Crippen LogP contribution is -1.74. The van der Waals surface area contributed by atoms with Crippen LogP contribution in [0, 0.1) is 6.92 Å². The standard InChI is InChI=1S/C11H11BrS2/c1-7-3-4-9-8(5-7)11(13-2)10(6-12)14-9/h3-5H,6H2,1-2H3. The van der Waals surface area contributed by atoms with Gasteiger partial charge in [0.05, 0.1) is 0 Å². The van der Waals surface area contributed by atoms with Crippen molar-refractivity contribution in [3.8, 4) is 0 Å². The van der Waals surface area contributed by atoms with E-state index < -0.39 is 0 Å². The predicted octanol–water partition coefficient (Wildman–Crippen LogP) is 4.83. The fourth-order valence-electron chi connectivity index (χ4n) is 1.55. The number of halogens is 1. The van der Waals surface area contributed by atoms with E-state index in [-0.39, 0.29) is 0 Å². The number of benzene rings is 1. The first-order chi connectivity index (χ1) is 6.76. The molecular formula is C11H11BrS2. The Balaban J connectivity index is 2.74. The molecule has 2 aromatic rings. The van der Waals surface area contributed by atoms with Gasteiger partial charge in [-0.05, 0) is 25.3 Å². The molecule has 0 saturated carbocycles. The Morgan fingerprint density at radius 3 is 2.86 bits per heavy atom. The predicted molar refractivity (Wildman–Crippen MR) is 71.0 cm³/mol. The van der Waals surface area contributed by atoms with E-state index in [0.29, 0.717) is 0 Å². The van der Waals surface area contributed by atoms with E-state index in [1.807, 2.05) is 23.1 Å². The average molecular weight is 287 g/mol. The van der Waals surface area contributed by atoms with Crippen molar-refractivity contribution in [1.82, 2.24) is 0 Å². The minimum atomic E-state index is 0.960. The van der Waals surface area contributed by atoms with Crippen molar-refractivity contribution in [3.63, 3.8) is 0 Å². The highest BCUT2D eigenvalue weighted by atomic mass is 79.9. The Hall–Kier alpha value is 0.01000. The molecule has 1 aromatic heterocycles. The van der Waals surface area contributed by atoms with Crippen LogP contribution < -0.4 is 0 Å². The SMILES string of the molecule is CSc1c(CBr)sc2ccc(C)cc12. The van der Waals surface area contributed by atoms with Crippen molar-refractivity contribution < 1.29 is 0 Å². The summed E-state index contributed by atoms with van der Waals surface area (Å²) < 4.78 is 1.40. The van der Waals surface area contributed by atoms with Gasteiger partial charge in [0.2, 0.25) is 0 Å². The van der Waals surface area contributed by atoms with Crippen LogP contribution in [0.25, 0.3) is 10.1 Å². The first-order valence-corrected chi connectivity index (χ1v) is 7.54. The van der Waals surface area contributed by atoms with Crippen LogP contribution in [0.15, 0.2) is 23.1 Å². The molecule has 1 aromatic carbocycles. The van der Waals surface area contributed by atoms with Gasteiger partial charge in [-0.2, -0.15) is 0 Å². The molecule has 0 amide bonds. The molecule has 0 aliphatic carbocycles. The summed E-state index contributed by atoms with van der Waals surface area (Å²) in [4.78, 5) is 2.88. The zero-order valence-corrected chi connectivity index (χ0v) is 11.4. The van der Waals surface area contributed by atoms with Crippen molar-refractivity contribution in [2.24, 2.45) is 0 Å². The van der Waals surface area contributed by atoms with E-state index in [1.165, 1.54) is 25.4 Å². The van der Waals surface area contributed by atoms with Crippen LogP contribution in [-0.4, -0.2) is 6.26 Å². The number of alkyl halides is 1. The summed E-state index contributed by atoms with van der Waals surface area (Å²) >= 11 is 7.28. The minimum absolute atomic E-state index is 0.960. The van der Waals surface area contributed by atoms with Crippen LogP contribution in [0.2, 0.25) is 0 Å². The molecule has 0 aliphatic heterocycles. The lowest BCUT2D eigenvalue weighted by atomic mass is 10.2. The highest BCUT2D eigenvalue weighted by Gasteiger charge is 2.09. The van der Waals surface area contributed by atoms with Gasteiger partial charge in [-0.1, -0.05) is 27.6 Å². The van der Waals surface area contributed by atoms with Crippen LogP contribution in [-0.2, 0) is 5.33 Å². The lowest BCUT2D eigenvalue weighted by Gasteiger charge is -1.97. The average Bonchev–Trinajstić information content (AvgIpc) is 2.54. The fourth-order valence-corrected chi connectivity index (χ4v) is 4.42. The number of thiophene rings is 1. The zero-order valence-electron chi connectivity index (χ0n) is 8.13. The van der Waals surface area contributed by atoms with Crippen molar-refractivity contribution in [1.29, 1.82) is 0 Å². The Kier molecular flexibility index (Phi) is 3.20. The van der Waals surface area contributed by atoms with E-state index in [2.05, 4.69) is 47.3 Å². The third-order valence-electron chi connectivity index (χ3n) is 2.19. The Labute approximate surface area is 101 Å². The summed E-state index contributed by atoms with van der Waals surface area (Å²) in [7, 11) is 0. The summed E-state index contributed by atoms with van der Waals surface area (Å²) in [5, 5.41) is 2.37. The zero-order chi connectivity index (χ0) is 10.1. The summed E-state index contributed by atoms with van der Waals surface area (Å²) in [5.74, 6) is 0. The number of aryl methyl sites for hydroxylation is 1. The molecule has 0 spiro atoms. The van der Waals surface area contributed by atoms with Gasteiger partial charge >= 0.3 is 0 Å². The maximum absolute atomic E-state index is 3.54. The smallest absolute Gasteiger partial charge is 0.0389 e. The van der Waals surface area contributed by atoms with Crippen LogP contribution >= 0.6 is 39.0 Å². The molecule has 0 fully saturated rings. The summed E-state index contributed by atoms with van der Waals surface area (Å²) in [6, 6.07) is 6.69. The monoisotopic (exact) mass is 286 g/mol. The molecule has 0 aliphatic rings. The topological polar surface area (TPSA) is 0 Å². The molecule has 0 saturated heterocycles. The van der Waals surface area contributed by atoms with Gasteiger partial charge < -0.3 is 0 Å². The molecule has 1 heterocycles. The first-order valence-electron chi connectivity index (χ1n) is 4.38. The number of rotatable bonds is 2. The number of hydrogen-bond donors (Lipinski definition) is 0. The fraction of sp³-hybridized carbons (Fsp3) is 0.273. The highest BCUT2D eigenvalue weighted by Crippen LogP contribution is 2.38. The molecule has 0 bridgehead atoms. The summed E-state index contributed by atoms with van der Waals surface area (Å²) in [6.45, 7) is 2.15. The molecule has 0 nitrogen and oxygen atoms in total. The second-order valence-corrected chi connectivity index (χ2v) is 5.71. The molecule has 74 valence electrons. The van der Waals surface area contributed by atoms with Crippen molar-refractivity contribution >= 4 is 49.1 Å². The maximum atomic E-state index is 3.54. The third kappa shape index (κ3) is 1.73. The van der Waals surface area contributed by atoms with E-state index in [9.17, 15) is 0 Å². The molecule has 0 atom stereocenters. The van der Waals surface area contributed by atoms with Crippen molar-refractivity contribution in [3.05, 3.63) is 28.6 Å². The Bertz CT molecular complexity index is 460. The van der Waals surface area contributed by atoms with E-state index in [0.717, 1.165) is 5.33 Å². The Morgan fingerprint density at radius 1 is 1.43 bits per heavy atom. The largest absolute Gasteiger partial charge is 0.138 e. The van der Waals surface area contributed by atoms with Gasteiger partial charge in [0.25, 0.3) is 0 Å². The molecular weight excluding hydrogens is 276 g/mol. The van der Waals surface area contributed by atoms with Gasteiger partial charge in [-0.15, -0.1) is 23.1 Å². The molecule has 0 unspecified atom stereocenters. The number of hydrogen-bond acceptors (Lipinski definition) is 2.